The number of carboxylic acids is 1. The summed E-state index contributed by atoms with van der Waals surface area (Å²) in [4.78, 5) is 10.5. The van der Waals surface area contributed by atoms with Crippen LogP contribution in [-0.4, -0.2) is 34.2 Å². The highest BCUT2D eigenvalue weighted by atomic mass is 32.2. The van der Waals surface area contributed by atoms with E-state index in [9.17, 15) is 26.0 Å². The van der Waals surface area contributed by atoms with Gasteiger partial charge in [0.1, 0.15) is 5.82 Å². The van der Waals surface area contributed by atoms with Gasteiger partial charge in [-0.2, -0.15) is 0 Å². The molecule has 2 aromatic carbocycles. The van der Waals surface area contributed by atoms with Crippen molar-refractivity contribution in [2.45, 2.75) is 4.90 Å². The number of para-hydroxylation sites is 2. The smallest absolute Gasteiger partial charge is 0.338 e. The van der Waals surface area contributed by atoms with Crippen LogP contribution in [0.15, 0.2) is 47.4 Å². The van der Waals surface area contributed by atoms with Gasteiger partial charge in [-0.3, -0.25) is 9.44 Å². The molecule has 25 heavy (non-hydrogen) atoms. The molecule has 2 rings (SSSR count). The Morgan fingerprint density at radius 3 is 2.08 bits per heavy atom. The first-order chi connectivity index (χ1) is 11.5. The summed E-state index contributed by atoms with van der Waals surface area (Å²) in [5.74, 6) is -2.70. The second-order valence-electron chi connectivity index (χ2n) is 4.97. The molecule has 0 aliphatic rings. The fraction of sp³-hybridized carbons (Fsp3) is 0.0714. The van der Waals surface area contributed by atoms with Crippen molar-refractivity contribution < 1.29 is 31.1 Å². The number of halogens is 1. The summed E-state index contributed by atoms with van der Waals surface area (Å²) in [6, 6.07) is 7.91. The van der Waals surface area contributed by atoms with Crippen LogP contribution >= 0.6 is 0 Å². The lowest BCUT2D eigenvalue weighted by atomic mass is 10.2. The number of benzene rings is 2. The highest BCUT2D eigenvalue weighted by Crippen LogP contribution is 2.25. The Kier molecular flexibility index (Phi) is 4.99. The Labute approximate surface area is 143 Å². The standard InChI is InChI=1S/C14H13FN2O6S2/c1-24(20,21)16-12-4-2-3-5-13(12)17-25(22,23)9-6-7-11(15)10(8-9)14(18)19/h2-8,16-17H,1H3,(H,18,19). The molecular weight excluding hydrogens is 375 g/mol. The second-order valence-corrected chi connectivity index (χ2v) is 8.40. The van der Waals surface area contributed by atoms with Crippen LogP contribution in [0.3, 0.4) is 0 Å². The average molecular weight is 388 g/mol. The molecule has 0 saturated heterocycles. The minimum absolute atomic E-state index is 0.0193. The summed E-state index contributed by atoms with van der Waals surface area (Å²) in [7, 11) is -7.93. The minimum Gasteiger partial charge on any atom is -0.478 e. The molecule has 0 atom stereocenters. The first kappa shape index (κ1) is 18.7. The molecule has 11 heteroatoms. The van der Waals surface area contributed by atoms with Gasteiger partial charge in [-0.15, -0.1) is 0 Å². The van der Waals surface area contributed by atoms with Crippen molar-refractivity contribution in [2.24, 2.45) is 0 Å². The molecule has 0 aliphatic heterocycles. The molecule has 0 radical (unpaired) electrons. The predicted octanol–water partition coefficient (Wildman–Crippen LogP) is 1.70. The van der Waals surface area contributed by atoms with Crippen LogP contribution in [0.1, 0.15) is 10.4 Å². The van der Waals surface area contributed by atoms with Crippen molar-refractivity contribution in [3.63, 3.8) is 0 Å². The lowest BCUT2D eigenvalue weighted by molar-refractivity contribution is 0.0691. The van der Waals surface area contributed by atoms with Gasteiger partial charge in [0.25, 0.3) is 10.0 Å². The summed E-state index contributed by atoms with van der Waals surface area (Å²) in [6.45, 7) is 0. The quantitative estimate of drug-likeness (QED) is 0.691. The first-order valence-corrected chi connectivity index (χ1v) is 9.99. The molecule has 0 saturated carbocycles. The lowest BCUT2D eigenvalue weighted by Gasteiger charge is -2.13. The highest BCUT2D eigenvalue weighted by Gasteiger charge is 2.20. The van der Waals surface area contributed by atoms with E-state index in [-0.39, 0.29) is 11.4 Å². The number of hydrogen-bond donors (Lipinski definition) is 3. The maximum absolute atomic E-state index is 13.4. The van der Waals surface area contributed by atoms with E-state index >= 15 is 0 Å². The van der Waals surface area contributed by atoms with Gasteiger partial charge in [0.15, 0.2) is 0 Å². The number of aromatic carboxylic acids is 1. The summed E-state index contributed by atoms with van der Waals surface area (Å²) < 4.78 is 65.2. The van der Waals surface area contributed by atoms with Crippen LogP contribution in [-0.2, 0) is 20.0 Å². The largest absolute Gasteiger partial charge is 0.478 e. The second kappa shape index (κ2) is 6.69. The lowest BCUT2D eigenvalue weighted by Crippen LogP contribution is -2.17. The van der Waals surface area contributed by atoms with Crippen molar-refractivity contribution in [3.05, 3.63) is 53.8 Å². The van der Waals surface area contributed by atoms with Gasteiger partial charge in [0.2, 0.25) is 10.0 Å². The number of anilines is 2. The molecule has 0 aromatic heterocycles. The fourth-order valence-corrected chi connectivity index (χ4v) is 3.58. The predicted molar refractivity (Wildman–Crippen MR) is 89.1 cm³/mol. The van der Waals surface area contributed by atoms with Gasteiger partial charge in [-0.25, -0.2) is 26.0 Å². The normalized spacial score (nSPS) is 11.8. The maximum atomic E-state index is 13.4. The monoisotopic (exact) mass is 388 g/mol. The first-order valence-electron chi connectivity index (χ1n) is 6.62. The summed E-state index contributed by atoms with van der Waals surface area (Å²) in [6.07, 6.45) is 0.900. The van der Waals surface area contributed by atoms with Crippen molar-refractivity contribution in [2.75, 3.05) is 15.7 Å². The molecule has 0 amide bonds. The van der Waals surface area contributed by atoms with E-state index in [0.717, 1.165) is 18.4 Å². The summed E-state index contributed by atoms with van der Waals surface area (Å²) in [5, 5.41) is 8.89. The van der Waals surface area contributed by atoms with Crippen molar-refractivity contribution in [3.8, 4) is 0 Å². The number of nitrogens with one attached hydrogen (secondary N) is 2. The number of hydrogen-bond acceptors (Lipinski definition) is 5. The number of rotatable bonds is 6. The number of carboxylic acid groups (broad SMARTS) is 1. The molecule has 134 valence electrons. The highest BCUT2D eigenvalue weighted by molar-refractivity contribution is 7.93. The van der Waals surface area contributed by atoms with E-state index in [2.05, 4.69) is 9.44 Å². The van der Waals surface area contributed by atoms with E-state index in [0.29, 0.717) is 6.07 Å². The third-order valence-corrected chi connectivity index (χ3v) is 4.90. The van der Waals surface area contributed by atoms with Crippen LogP contribution in [0.5, 0.6) is 0 Å². The SMILES string of the molecule is CS(=O)(=O)Nc1ccccc1NS(=O)(=O)c1ccc(F)c(C(=O)O)c1. The third-order valence-electron chi connectivity index (χ3n) is 2.95. The minimum atomic E-state index is -4.28. The van der Waals surface area contributed by atoms with Crippen molar-refractivity contribution in [1.82, 2.24) is 0 Å². The maximum Gasteiger partial charge on any atom is 0.338 e. The molecule has 0 spiro atoms. The van der Waals surface area contributed by atoms with Gasteiger partial charge in [0.05, 0.1) is 28.1 Å². The van der Waals surface area contributed by atoms with E-state index in [4.69, 9.17) is 5.11 Å². The Morgan fingerprint density at radius 1 is 1.00 bits per heavy atom. The Bertz CT molecular complexity index is 1040. The molecular formula is C14H13FN2O6S2. The Balaban J connectivity index is 2.44. The average Bonchev–Trinajstić information content (AvgIpc) is 2.47. The van der Waals surface area contributed by atoms with Crippen LogP contribution < -0.4 is 9.44 Å². The molecule has 3 N–H and O–H groups in total. The van der Waals surface area contributed by atoms with E-state index < -0.39 is 42.3 Å². The molecule has 8 nitrogen and oxygen atoms in total. The van der Waals surface area contributed by atoms with Crippen LogP contribution in [0.4, 0.5) is 15.8 Å². The van der Waals surface area contributed by atoms with Gasteiger partial charge in [0, 0.05) is 0 Å². The van der Waals surface area contributed by atoms with E-state index in [1.165, 1.54) is 24.3 Å². The molecule has 0 fully saturated rings. The Hall–Kier alpha value is -2.66. The zero-order valence-corrected chi connectivity index (χ0v) is 14.4. The van der Waals surface area contributed by atoms with Gasteiger partial charge >= 0.3 is 5.97 Å². The summed E-state index contributed by atoms with van der Waals surface area (Å²) >= 11 is 0. The molecule has 2 aromatic rings. The van der Waals surface area contributed by atoms with E-state index in [1.807, 2.05) is 0 Å². The Morgan fingerprint density at radius 2 is 1.56 bits per heavy atom. The number of sulfonamides is 2. The van der Waals surface area contributed by atoms with Crippen molar-refractivity contribution >= 4 is 37.4 Å². The van der Waals surface area contributed by atoms with Crippen molar-refractivity contribution in [1.29, 1.82) is 0 Å². The van der Waals surface area contributed by atoms with Gasteiger partial charge in [-0.1, -0.05) is 12.1 Å². The van der Waals surface area contributed by atoms with E-state index in [1.54, 1.807) is 0 Å². The molecule has 0 bridgehead atoms. The van der Waals surface area contributed by atoms with Crippen LogP contribution in [0, 0.1) is 5.82 Å². The molecule has 0 heterocycles. The van der Waals surface area contributed by atoms with Gasteiger partial charge < -0.3 is 5.11 Å². The van der Waals surface area contributed by atoms with Crippen LogP contribution in [0.2, 0.25) is 0 Å². The van der Waals surface area contributed by atoms with Gasteiger partial charge in [-0.05, 0) is 30.3 Å². The van der Waals surface area contributed by atoms with Crippen LogP contribution in [0.25, 0.3) is 0 Å². The molecule has 0 unspecified atom stereocenters. The third kappa shape index (κ3) is 4.67. The summed E-state index contributed by atoms with van der Waals surface area (Å²) in [5.41, 5.74) is -0.895. The number of carbonyl (C=O) groups is 1. The zero-order chi connectivity index (χ0) is 18.8. The topological polar surface area (TPSA) is 130 Å². The zero-order valence-electron chi connectivity index (χ0n) is 12.7. The molecule has 0 aliphatic carbocycles. The fourth-order valence-electron chi connectivity index (χ4n) is 1.90.